The molecule has 116 valence electrons. The molecule has 1 amide bonds. The van der Waals surface area contributed by atoms with Gasteiger partial charge in [-0.1, -0.05) is 24.3 Å². The smallest absolute Gasteiger partial charge is 0.291 e. The molecule has 23 heavy (non-hydrogen) atoms. The Hall–Kier alpha value is -3.22. The number of aromatic nitrogens is 2. The number of rotatable bonds is 3. The molecular formula is C16H14N4O3. The van der Waals surface area contributed by atoms with Crippen LogP contribution >= 0.6 is 0 Å². The van der Waals surface area contributed by atoms with Crippen molar-refractivity contribution in [3.8, 4) is 0 Å². The van der Waals surface area contributed by atoms with Crippen LogP contribution in [0.3, 0.4) is 0 Å². The molecule has 1 aromatic heterocycles. The Balaban J connectivity index is 1.84. The van der Waals surface area contributed by atoms with Crippen molar-refractivity contribution in [2.75, 3.05) is 0 Å². The van der Waals surface area contributed by atoms with E-state index >= 15 is 0 Å². The molecule has 0 fully saturated rings. The Morgan fingerprint density at radius 1 is 1.26 bits per heavy atom. The van der Waals surface area contributed by atoms with Crippen molar-refractivity contribution in [2.24, 2.45) is 12.1 Å². The number of Topliss-reactive ketones (excluding diaryl/α,β-unsaturated/α-hetero) is 1. The number of benzene rings is 1. The quantitative estimate of drug-likeness (QED) is 0.666. The van der Waals surface area contributed by atoms with Crippen LogP contribution in [0, 0.1) is 0 Å². The summed E-state index contributed by atoms with van der Waals surface area (Å²) in [6, 6.07) is 8.31. The average molecular weight is 310 g/mol. The van der Waals surface area contributed by atoms with E-state index in [0.717, 1.165) is 0 Å². The minimum absolute atomic E-state index is 0.0903. The van der Waals surface area contributed by atoms with Gasteiger partial charge >= 0.3 is 0 Å². The molecular weight excluding hydrogens is 296 g/mol. The number of amides is 1. The van der Waals surface area contributed by atoms with Crippen molar-refractivity contribution in [3.05, 3.63) is 58.9 Å². The minimum atomic E-state index is -0.493. The van der Waals surface area contributed by atoms with Crippen molar-refractivity contribution >= 4 is 23.2 Å². The number of hydrazone groups is 1. The zero-order chi connectivity index (χ0) is 16.6. The summed E-state index contributed by atoms with van der Waals surface area (Å²) in [6.07, 6.45) is 1.64. The van der Waals surface area contributed by atoms with E-state index in [4.69, 9.17) is 0 Å². The minimum Gasteiger partial charge on any atom is -0.506 e. The summed E-state index contributed by atoms with van der Waals surface area (Å²) in [4.78, 5) is 24.2. The SMILES string of the molecule is CC(=NNC(=O)c1ccn(C)n1)C1=C(O)c2ccccc2C1=O. The van der Waals surface area contributed by atoms with Crippen molar-refractivity contribution in [2.45, 2.75) is 6.92 Å². The summed E-state index contributed by atoms with van der Waals surface area (Å²) in [5, 5.41) is 18.1. The fourth-order valence-corrected chi connectivity index (χ4v) is 2.38. The third-order valence-corrected chi connectivity index (χ3v) is 3.52. The normalized spacial score (nSPS) is 14.2. The molecule has 3 rings (SSSR count). The van der Waals surface area contributed by atoms with Crippen molar-refractivity contribution in [3.63, 3.8) is 0 Å². The molecule has 1 aliphatic carbocycles. The Bertz CT molecular complexity index is 877. The lowest BCUT2D eigenvalue weighted by Crippen LogP contribution is -2.21. The van der Waals surface area contributed by atoms with Gasteiger partial charge in [0.2, 0.25) is 0 Å². The molecule has 2 N–H and O–H groups in total. The molecule has 0 bridgehead atoms. The van der Waals surface area contributed by atoms with Crippen LogP contribution in [0.1, 0.15) is 33.3 Å². The maximum absolute atomic E-state index is 12.3. The van der Waals surface area contributed by atoms with Crippen LogP contribution in [0.15, 0.2) is 47.2 Å². The molecule has 1 aliphatic rings. The zero-order valence-corrected chi connectivity index (χ0v) is 12.6. The molecule has 0 atom stereocenters. The summed E-state index contributed by atoms with van der Waals surface area (Å²) in [6.45, 7) is 1.55. The molecule has 0 unspecified atom stereocenters. The number of hydrogen-bond acceptors (Lipinski definition) is 5. The number of hydrogen-bond donors (Lipinski definition) is 2. The van der Waals surface area contributed by atoms with Crippen LogP contribution in [0.25, 0.3) is 5.76 Å². The maximum Gasteiger partial charge on any atom is 0.291 e. The monoisotopic (exact) mass is 310 g/mol. The third-order valence-electron chi connectivity index (χ3n) is 3.52. The number of ketones is 1. The number of carbonyl (C=O) groups is 2. The van der Waals surface area contributed by atoms with Crippen LogP contribution < -0.4 is 5.43 Å². The van der Waals surface area contributed by atoms with Crippen LogP contribution in [0.4, 0.5) is 0 Å². The number of fused-ring (bicyclic) bond motifs is 1. The highest BCUT2D eigenvalue weighted by Gasteiger charge is 2.31. The number of allylic oxidation sites excluding steroid dienone is 1. The van der Waals surface area contributed by atoms with E-state index in [1.54, 1.807) is 50.5 Å². The van der Waals surface area contributed by atoms with Crippen molar-refractivity contribution < 1.29 is 14.7 Å². The molecule has 7 heteroatoms. The number of nitrogens with zero attached hydrogens (tertiary/aromatic N) is 3. The van der Waals surface area contributed by atoms with Crippen molar-refractivity contribution in [1.82, 2.24) is 15.2 Å². The predicted octanol–water partition coefficient (Wildman–Crippen LogP) is 1.69. The van der Waals surface area contributed by atoms with E-state index in [0.29, 0.717) is 11.1 Å². The highest BCUT2D eigenvalue weighted by atomic mass is 16.3. The van der Waals surface area contributed by atoms with Gasteiger partial charge in [-0.3, -0.25) is 14.3 Å². The van der Waals surface area contributed by atoms with Gasteiger partial charge in [-0.2, -0.15) is 10.2 Å². The fourth-order valence-electron chi connectivity index (χ4n) is 2.38. The highest BCUT2D eigenvalue weighted by Crippen LogP contribution is 2.31. The van der Waals surface area contributed by atoms with Crippen molar-refractivity contribution in [1.29, 1.82) is 0 Å². The van der Waals surface area contributed by atoms with Gasteiger partial charge < -0.3 is 5.11 Å². The summed E-state index contributed by atoms with van der Waals surface area (Å²) in [7, 11) is 1.70. The number of aliphatic hydroxyl groups excluding tert-OH is 1. The molecule has 2 aromatic rings. The van der Waals surface area contributed by atoms with E-state index < -0.39 is 5.91 Å². The molecule has 0 saturated heterocycles. The second-order valence-electron chi connectivity index (χ2n) is 5.11. The first-order chi connectivity index (χ1) is 11.0. The second kappa shape index (κ2) is 5.53. The number of aliphatic hydroxyl groups is 1. The molecule has 0 aliphatic heterocycles. The van der Waals surface area contributed by atoms with Crippen LogP contribution in [0.2, 0.25) is 0 Å². The number of aryl methyl sites for hydroxylation is 1. The van der Waals surface area contributed by atoms with Gasteiger partial charge in [0, 0.05) is 24.4 Å². The Morgan fingerprint density at radius 2 is 1.96 bits per heavy atom. The largest absolute Gasteiger partial charge is 0.506 e. The van der Waals surface area contributed by atoms with E-state index in [2.05, 4.69) is 15.6 Å². The Morgan fingerprint density at radius 3 is 2.57 bits per heavy atom. The lowest BCUT2D eigenvalue weighted by molar-refractivity contribution is 0.0947. The summed E-state index contributed by atoms with van der Waals surface area (Å²) >= 11 is 0. The van der Waals surface area contributed by atoms with E-state index in [1.807, 2.05) is 0 Å². The number of carbonyl (C=O) groups excluding carboxylic acids is 2. The van der Waals surface area contributed by atoms with Gasteiger partial charge in [-0.25, -0.2) is 5.43 Å². The molecule has 0 saturated carbocycles. The Kier molecular flexibility index (Phi) is 3.53. The molecule has 0 radical (unpaired) electrons. The van der Waals surface area contributed by atoms with Crippen LogP contribution in [-0.4, -0.2) is 32.3 Å². The standard InChI is InChI=1S/C16H14N4O3/c1-9(17-18-16(23)12-7-8-20(2)19-12)13-14(21)10-5-3-4-6-11(10)15(13)22/h3-8,21H,1-2H3,(H,18,23). The van der Waals surface area contributed by atoms with Gasteiger partial charge in [0.15, 0.2) is 11.5 Å². The summed E-state index contributed by atoms with van der Waals surface area (Å²) < 4.78 is 1.50. The zero-order valence-electron chi connectivity index (χ0n) is 12.6. The van der Waals surface area contributed by atoms with Gasteiger partial charge in [0.05, 0.1) is 11.3 Å². The van der Waals surface area contributed by atoms with Crippen LogP contribution in [-0.2, 0) is 7.05 Å². The second-order valence-corrected chi connectivity index (χ2v) is 5.11. The highest BCUT2D eigenvalue weighted by molar-refractivity contribution is 6.35. The first-order valence-corrected chi connectivity index (χ1v) is 6.91. The van der Waals surface area contributed by atoms with Gasteiger partial charge in [-0.15, -0.1) is 0 Å². The topological polar surface area (TPSA) is 96.6 Å². The lowest BCUT2D eigenvalue weighted by Gasteiger charge is -2.02. The molecule has 1 heterocycles. The van der Waals surface area contributed by atoms with Crippen LogP contribution in [0.5, 0.6) is 0 Å². The molecule has 0 spiro atoms. The first-order valence-electron chi connectivity index (χ1n) is 6.91. The Labute approximate surface area is 131 Å². The van der Waals surface area contributed by atoms with Gasteiger partial charge in [0.25, 0.3) is 5.91 Å². The lowest BCUT2D eigenvalue weighted by atomic mass is 10.1. The summed E-state index contributed by atoms with van der Waals surface area (Å²) in [5.74, 6) is -0.932. The third kappa shape index (κ3) is 2.52. The first kappa shape index (κ1) is 14.7. The fraction of sp³-hybridized carbons (Fsp3) is 0.125. The van der Waals surface area contributed by atoms with E-state index in [9.17, 15) is 14.7 Å². The molecule has 1 aromatic carbocycles. The average Bonchev–Trinajstić information content (AvgIpc) is 3.08. The van der Waals surface area contributed by atoms with Gasteiger partial charge in [-0.05, 0) is 13.0 Å². The predicted molar refractivity (Wildman–Crippen MR) is 84.1 cm³/mol. The maximum atomic E-state index is 12.3. The van der Waals surface area contributed by atoms with E-state index in [-0.39, 0.29) is 28.5 Å². The summed E-state index contributed by atoms with van der Waals surface area (Å²) in [5.41, 5.74) is 3.76. The molecule has 7 nitrogen and oxygen atoms in total. The van der Waals surface area contributed by atoms with E-state index in [1.165, 1.54) is 4.68 Å². The number of nitrogens with one attached hydrogen (secondary N) is 1. The van der Waals surface area contributed by atoms with Gasteiger partial charge in [0.1, 0.15) is 5.76 Å².